The van der Waals surface area contributed by atoms with Gasteiger partial charge in [-0.1, -0.05) is 135 Å². The maximum Gasteiger partial charge on any atom is 0.185 e. The van der Waals surface area contributed by atoms with Crippen molar-refractivity contribution in [3.63, 3.8) is 0 Å². The summed E-state index contributed by atoms with van der Waals surface area (Å²) in [6, 6.07) is 9.50. The molecule has 0 radical (unpaired) electrons. The van der Waals surface area contributed by atoms with Crippen LogP contribution in [-0.4, -0.2) is 18.2 Å². The molecule has 1 aliphatic heterocycles. The summed E-state index contributed by atoms with van der Waals surface area (Å²) in [6.45, 7) is 6.01. The fourth-order valence-corrected chi connectivity index (χ4v) is 5.72. The lowest BCUT2D eigenvalue weighted by molar-refractivity contribution is -0.206. The van der Waals surface area contributed by atoms with Crippen LogP contribution in [0.3, 0.4) is 0 Å². The Morgan fingerprint density at radius 1 is 0.700 bits per heavy atom. The third-order valence-corrected chi connectivity index (χ3v) is 8.39. The second-order valence-corrected chi connectivity index (χ2v) is 12.0. The molecule has 0 N–H and O–H groups in total. The average molecular weight is 554 g/mol. The van der Waals surface area contributed by atoms with E-state index in [0.29, 0.717) is 5.92 Å². The van der Waals surface area contributed by atoms with Crippen LogP contribution in [0.2, 0.25) is 0 Å². The molecule has 40 heavy (non-hydrogen) atoms. The van der Waals surface area contributed by atoms with Crippen LogP contribution in [0.5, 0.6) is 0 Å². The molecule has 2 aromatic rings. The first-order valence-corrected chi connectivity index (χ1v) is 16.7. The lowest BCUT2D eigenvalue weighted by atomic mass is 10.00. The third kappa shape index (κ3) is 12.4. The molecule has 0 spiro atoms. The third-order valence-electron chi connectivity index (χ3n) is 8.39. The number of halogens is 1. The summed E-state index contributed by atoms with van der Waals surface area (Å²) in [5, 5.41) is 0. The molecular weight excluding hydrogens is 497 g/mol. The number of aryl methyl sites for hydroxylation is 1. The van der Waals surface area contributed by atoms with Crippen molar-refractivity contribution in [2.24, 2.45) is 5.92 Å². The van der Waals surface area contributed by atoms with E-state index in [1.165, 1.54) is 109 Å². The van der Waals surface area contributed by atoms with Crippen LogP contribution in [0, 0.1) is 11.7 Å². The van der Waals surface area contributed by atoms with E-state index in [0.717, 1.165) is 48.4 Å². The maximum atomic E-state index is 14.8. The predicted octanol–water partition coefficient (Wildman–Crippen LogP) is 11.2. The first kappa shape index (κ1) is 32.7. The quantitative estimate of drug-likeness (QED) is 0.144. The number of benzene rings is 1. The number of ether oxygens (including phenoxy) is 2. The van der Waals surface area contributed by atoms with Gasteiger partial charge in [-0.25, -0.2) is 4.39 Å². The van der Waals surface area contributed by atoms with Crippen LogP contribution < -0.4 is 0 Å². The Labute approximate surface area is 244 Å². The number of hydrogen-bond donors (Lipinski definition) is 0. The van der Waals surface area contributed by atoms with Crippen molar-refractivity contribution in [3.05, 3.63) is 53.5 Å². The van der Waals surface area contributed by atoms with E-state index >= 15 is 0 Å². The molecule has 224 valence electrons. The molecule has 4 heteroatoms. The highest BCUT2D eigenvalue weighted by Gasteiger charge is 2.23. The number of rotatable bonds is 21. The van der Waals surface area contributed by atoms with Gasteiger partial charge in [0.1, 0.15) is 5.82 Å². The van der Waals surface area contributed by atoms with E-state index < -0.39 is 0 Å². The summed E-state index contributed by atoms with van der Waals surface area (Å²) < 4.78 is 26.9. The molecule has 0 amide bonds. The number of aromatic nitrogens is 1. The maximum absolute atomic E-state index is 14.8. The lowest BCUT2D eigenvalue weighted by Gasteiger charge is -2.29. The average Bonchev–Trinajstić information content (AvgIpc) is 2.99. The van der Waals surface area contributed by atoms with Crippen molar-refractivity contribution in [2.75, 3.05) is 13.2 Å². The molecule has 1 aromatic heterocycles. The highest BCUT2D eigenvalue weighted by molar-refractivity contribution is 5.59. The Morgan fingerprint density at radius 3 is 1.82 bits per heavy atom. The summed E-state index contributed by atoms with van der Waals surface area (Å²) in [5.41, 5.74) is 3.33. The molecule has 1 saturated heterocycles. The molecule has 3 rings (SSSR count). The molecule has 1 aromatic carbocycles. The van der Waals surface area contributed by atoms with Crippen molar-refractivity contribution >= 4 is 0 Å². The largest absolute Gasteiger partial charge is 0.348 e. The molecule has 3 nitrogen and oxygen atoms in total. The second-order valence-electron chi connectivity index (χ2n) is 12.0. The number of pyridine rings is 1. The molecule has 0 bridgehead atoms. The van der Waals surface area contributed by atoms with Crippen molar-refractivity contribution < 1.29 is 13.9 Å². The molecule has 1 fully saturated rings. The minimum absolute atomic E-state index is 0.123. The Balaban J connectivity index is 1.31. The van der Waals surface area contributed by atoms with Crippen molar-refractivity contribution in [1.29, 1.82) is 0 Å². The molecular formula is C36H56FNO2. The molecule has 0 unspecified atom stereocenters. The van der Waals surface area contributed by atoms with E-state index in [2.05, 4.69) is 18.8 Å². The van der Waals surface area contributed by atoms with Gasteiger partial charge < -0.3 is 9.47 Å². The van der Waals surface area contributed by atoms with E-state index in [4.69, 9.17) is 9.47 Å². The minimum atomic E-state index is -0.355. The van der Waals surface area contributed by atoms with E-state index in [9.17, 15) is 4.39 Å². The fraction of sp³-hybridized carbons (Fsp3) is 0.694. The number of unbranched alkanes of at least 4 members (excludes halogenated alkanes) is 15. The SMILES string of the molecule is CCCCCCCCCCCC[C@H]1CO[C@H](c2ccc(-c3ccc(CCCCCCCCC)c(F)c3)nc2)OC1. The van der Waals surface area contributed by atoms with Gasteiger partial charge in [-0.15, -0.1) is 0 Å². The Morgan fingerprint density at radius 2 is 1.27 bits per heavy atom. The van der Waals surface area contributed by atoms with Gasteiger partial charge in [-0.05, 0) is 37.0 Å². The van der Waals surface area contributed by atoms with Crippen LogP contribution in [0.25, 0.3) is 11.3 Å². The van der Waals surface area contributed by atoms with E-state index in [-0.39, 0.29) is 12.1 Å². The Hall–Kier alpha value is -1.78. The Bertz CT molecular complexity index is 908. The van der Waals surface area contributed by atoms with Gasteiger partial charge >= 0.3 is 0 Å². The van der Waals surface area contributed by atoms with Crippen molar-refractivity contribution in [3.8, 4) is 11.3 Å². The summed E-state index contributed by atoms with van der Waals surface area (Å²) >= 11 is 0. The summed E-state index contributed by atoms with van der Waals surface area (Å²) in [4.78, 5) is 4.60. The standard InChI is InChI=1S/C36H56FNO2/c1-3-5-7-9-11-12-13-15-16-18-20-30-28-39-36(40-29-30)33-24-25-35(38-27-33)32-23-22-31(34(37)26-32)21-19-17-14-10-8-6-4-2/h22-27,30,36H,3-21,28-29H2,1-2H3/t30-,36-. The van der Waals surface area contributed by atoms with Crippen LogP contribution in [0.1, 0.15) is 147 Å². The van der Waals surface area contributed by atoms with Gasteiger partial charge in [0.25, 0.3) is 0 Å². The highest BCUT2D eigenvalue weighted by atomic mass is 19.1. The van der Waals surface area contributed by atoms with Gasteiger partial charge in [0, 0.05) is 23.2 Å². The second kappa shape index (κ2) is 20.2. The van der Waals surface area contributed by atoms with Crippen LogP contribution in [-0.2, 0) is 15.9 Å². The zero-order valence-corrected chi connectivity index (χ0v) is 25.6. The molecule has 0 atom stereocenters. The molecule has 0 saturated carbocycles. The van der Waals surface area contributed by atoms with Crippen LogP contribution in [0.15, 0.2) is 36.5 Å². The summed E-state index contributed by atoms with van der Waals surface area (Å²) in [6.07, 6.45) is 25.8. The van der Waals surface area contributed by atoms with Crippen molar-refractivity contribution in [2.45, 2.75) is 142 Å². The monoisotopic (exact) mass is 553 g/mol. The van der Waals surface area contributed by atoms with Gasteiger partial charge in [0.15, 0.2) is 6.29 Å². The van der Waals surface area contributed by atoms with Gasteiger partial charge in [0.2, 0.25) is 0 Å². The predicted molar refractivity (Wildman–Crippen MR) is 166 cm³/mol. The van der Waals surface area contributed by atoms with Gasteiger partial charge in [-0.2, -0.15) is 0 Å². The number of nitrogens with zero attached hydrogens (tertiary/aromatic N) is 1. The molecule has 2 heterocycles. The van der Waals surface area contributed by atoms with Gasteiger partial charge in [0.05, 0.1) is 18.9 Å². The zero-order valence-electron chi connectivity index (χ0n) is 25.6. The first-order valence-electron chi connectivity index (χ1n) is 16.7. The summed E-state index contributed by atoms with van der Waals surface area (Å²) in [5.74, 6) is 0.363. The van der Waals surface area contributed by atoms with E-state index in [1.54, 1.807) is 6.07 Å². The lowest BCUT2D eigenvalue weighted by Crippen LogP contribution is -2.27. The Kier molecular flexibility index (Phi) is 16.5. The van der Waals surface area contributed by atoms with Crippen molar-refractivity contribution in [1.82, 2.24) is 4.98 Å². The number of hydrogen-bond acceptors (Lipinski definition) is 3. The normalized spacial score (nSPS) is 17.4. The van der Waals surface area contributed by atoms with Crippen LogP contribution in [0.4, 0.5) is 4.39 Å². The van der Waals surface area contributed by atoms with Gasteiger partial charge in [-0.3, -0.25) is 4.98 Å². The van der Waals surface area contributed by atoms with E-state index in [1.807, 2.05) is 30.5 Å². The zero-order chi connectivity index (χ0) is 28.3. The summed E-state index contributed by atoms with van der Waals surface area (Å²) in [7, 11) is 0. The minimum Gasteiger partial charge on any atom is -0.348 e. The molecule has 1 aliphatic rings. The first-order chi connectivity index (χ1) is 19.7. The van der Waals surface area contributed by atoms with Crippen LogP contribution >= 0.6 is 0 Å². The highest BCUT2D eigenvalue weighted by Crippen LogP contribution is 2.29. The molecule has 0 aliphatic carbocycles. The smallest absolute Gasteiger partial charge is 0.185 e. The fourth-order valence-electron chi connectivity index (χ4n) is 5.72. The topological polar surface area (TPSA) is 31.4 Å².